The number of fused-ring (bicyclic) bond motifs is 1. The number of amides is 1. The molecule has 0 unspecified atom stereocenters. The van der Waals surface area contributed by atoms with Crippen molar-refractivity contribution in [3.63, 3.8) is 0 Å². The van der Waals surface area contributed by atoms with Crippen LogP contribution in [-0.2, 0) is 32.3 Å². The van der Waals surface area contributed by atoms with Gasteiger partial charge < -0.3 is 10.0 Å². The van der Waals surface area contributed by atoms with Crippen molar-refractivity contribution in [1.29, 1.82) is 0 Å². The summed E-state index contributed by atoms with van der Waals surface area (Å²) in [6, 6.07) is 4.22. The molecule has 0 saturated carbocycles. The van der Waals surface area contributed by atoms with E-state index < -0.39 is 11.7 Å². The average Bonchev–Trinajstić information content (AvgIpc) is 2.97. The highest BCUT2D eigenvalue weighted by Crippen LogP contribution is 2.30. The van der Waals surface area contributed by atoms with Gasteiger partial charge >= 0.3 is 6.18 Å². The minimum Gasteiger partial charge on any atom is -0.390 e. The zero-order chi connectivity index (χ0) is 18.2. The third-order valence-corrected chi connectivity index (χ3v) is 4.41. The van der Waals surface area contributed by atoms with E-state index in [9.17, 15) is 23.1 Å². The predicted molar refractivity (Wildman–Crippen MR) is 83.7 cm³/mol. The second-order valence-electron chi connectivity index (χ2n) is 5.90. The lowest BCUT2D eigenvalue weighted by Gasteiger charge is -2.28. The first kappa shape index (κ1) is 17.5. The Morgan fingerprint density at radius 3 is 2.52 bits per heavy atom. The van der Waals surface area contributed by atoms with Gasteiger partial charge in [-0.15, -0.1) is 0 Å². The van der Waals surface area contributed by atoms with Crippen molar-refractivity contribution >= 4 is 5.91 Å². The van der Waals surface area contributed by atoms with Crippen LogP contribution in [0.3, 0.4) is 0 Å². The monoisotopic (exact) mass is 353 g/mol. The summed E-state index contributed by atoms with van der Waals surface area (Å²) in [5.41, 5.74) is 1.81. The van der Waals surface area contributed by atoms with Crippen molar-refractivity contribution in [2.45, 2.75) is 39.2 Å². The molecule has 0 fully saturated rings. The van der Waals surface area contributed by atoms with Crippen molar-refractivity contribution in [1.82, 2.24) is 14.7 Å². The Labute approximate surface area is 142 Å². The summed E-state index contributed by atoms with van der Waals surface area (Å²) >= 11 is 0. The van der Waals surface area contributed by atoms with Crippen LogP contribution in [0.4, 0.5) is 13.2 Å². The smallest absolute Gasteiger partial charge is 0.390 e. The van der Waals surface area contributed by atoms with Crippen LogP contribution in [0.25, 0.3) is 0 Å². The van der Waals surface area contributed by atoms with Crippen LogP contribution in [0, 0.1) is 0 Å². The summed E-state index contributed by atoms with van der Waals surface area (Å²) in [6.45, 7) is 3.18. The van der Waals surface area contributed by atoms with Crippen molar-refractivity contribution < 1.29 is 23.1 Å². The summed E-state index contributed by atoms with van der Waals surface area (Å²) in [5, 5.41) is 13.8. The number of carbonyl (C=O) groups is 1. The van der Waals surface area contributed by atoms with E-state index in [1.54, 1.807) is 4.90 Å². The van der Waals surface area contributed by atoms with E-state index >= 15 is 0 Å². The lowest BCUT2D eigenvalue weighted by Crippen LogP contribution is -2.36. The summed E-state index contributed by atoms with van der Waals surface area (Å²) in [5.74, 6) is -0.326. The third-order valence-electron chi connectivity index (χ3n) is 4.41. The number of carbonyl (C=O) groups excluding carboxylic acids is 1. The largest absolute Gasteiger partial charge is 0.416 e. The second-order valence-corrected chi connectivity index (χ2v) is 5.90. The summed E-state index contributed by atoms with van der Waals surface area (Å²) in [4.78, 5) is 14.2. The maximum atomic E-state index is 12.6. The first-order chi connectivity index (χ1) is 11.8. The van der Waals surface area contributed by atoms with Crippen LogP contribution in [0.1, 0.15) is 39.8 Å². The van der Waals surface area contributed by atoms with Crippen molar-refractivity contribution in [3.8, 4) is 0 Å². The molecular formula is C17H18F3N3O2. The normalized spacial score (nSPS) is 14.5. The van der Waals surface area contributed by atoms with Gasteiger partial charge in [-0.1, -0.05) is 0 Å². The van der Waals surface area contributed by atoms with Crippen molar-refractivity contribution in [3.05, 3.63) is 52.3 Å². The summed E-state index contributed by atoms with van der Waals surface area (Å²) in [7, 11) is 0. The van der Waals surface area contributed by atoms with Gasteiger partial charge in [-0.05, 0) is 31.2 Å². The van der Waals surface area contributed by atoms with Crippen molar-refractivity contribution in [2.75, 3.05) is 6.54 Å². The van der Waals surface area contributed by atoms with Crippen LogP contribution in [0.5, 0.6) is 0 Å². The van der Waals surface area contributed by atoms with Crippen LogP contribution >= 0.6 is 0 Å². The fourth-order valence-electron chi connectivity index (χ4n) is 3.11. The van der Waals surface area contributed by atoms with Crippen molar-refractivity contribution in [2.24, 2.45) is 0 Å². The maximum absolute atomic E-state index is 12.6. The number of nitrogens with zero attached hydrogens (tertiary/aromatic N) is 3. The summed E-state index contributed by atoms with van der Waals surface area (Å²) in [6.07, 6.45) is -3.82. The van der Waals surface area contributed by atoms with Crippen LogP contribution in [-0.4, -0.2) is 32.2 Å². The Morgan fingerprint density at radius 1 is 1.28 bits per heavy atom. The number of aryl methyl sites for hydroxylation is 1. The van der Waals surface area contributed by atoms with E-state index in [2.05, 4.69) is 5.10 Å². The predicted octanol–water partition coefficient (Wildman–Crippen LogP) is 2.61. The second kappa shape index (κ2) is 6.51. The number of hydrogen-bond acceptors (Lipinski definition) is 3. The molecule has 0 saturated heterocycles. The highest BCUT2D eigenvalue weighted by molar-refractivity contribution is 5.94. The number of rotatable bonds is 3. The molecular weight excluding hydrogens is 335 g/mol. The molecule has 0 radical (unpaired) electrons. The molecule has 1 aromatic carbocycles. The molecule has 2 aromatic rings. The zero-order valence-electron chi connectivity index (χ0n) is 13.7. The third kappa shape index (κ3) is 3.26. The Balaban J connectivity index is 1.82. The Hall–Kier alpha value is -2.35. The van der Waals surface area contributed by atoms with Gasteiger partial charge in [0.15, 0.2) is 0 Å². The van der Waals surface area contributed by atoms with Gasteiger partial charge in [0, 0.05) is 42.9 Å². The minimum absolute atomic E-state index is 0.211. The number of halogens is 3. The molecule has 1 aromatic heterocycles. The van der Waals surface area contributed by atoms with E-state index in [4.69, 9.17) is 0 Å². The van der Waals surface area contributed by atoms with Gasteiger partial charge in [0.2, 0.25) is 0 Å². The molecule has 1 amide bonds. The number of aliphatic hydroxyl groups is 1. The fraction of sp³-hybridized carbons (Fsp3) is 0.412. The molecule has 25 heavy (non-hydrogen) atoms. The van der Waals surface area contributed by atoms with Crippen LogP contribution < -0.4 is 0 Å². The molecule has 0 spiro atoms. The lowest BCUT2D eigenvalue weighted by molar-refractivity contribution is -0.137. The zero-order valence-corrected chi connectivity index (χ0v) is 13.7. The molecule has 3 rings (SSSR count). The number of aliphatic hydroxyl groups excluding tert-OH is 1. The highest BCUT2D eigenvalue weighted by Gasteiger charge is 2.31. The first-order valence-electron chi connectivity index (χ1n) is 8.00. The molecule has 1 aliphatic heterocycles. The molecule has 0 atom stereocenters. The topological polar surface area (TPSA) is 58.4 Å². The van der Waals surface area contributed by atoms with Gasteiger partial charge in [0.25, 0.3) is 5.91 Å². The molecule has 0 aliphatic carbocycles. The Bertz CT molecular complexity index is 782. The Kier molecular flexibility index (Phi) is 4.55. The molecule has 8 heteroatoms. The fourth-order valence-corrected chi connectivity index (χ4v) is 3.11. The first-order valence-corrected chi connectivity index (χ1v) is 8.00. The minimum atomic E-state index is -4.42. The van der Waals surface area contributed by atoms with E-state index in [0.717, 1.165) is 23.4 Å². The number of aromatic nitrogens is 2. The van der Waals surface area contributed by atoms with E-state index in [1.807, 2.05) is 11.6 Å². The molecule has 2 heterocycles. The quantitative estimate of drug-likeness (QED) is 0.923. The number of hydrogen-bond donors (Lipinski definition) is 1. The highest BCUT2D eigenvalue weighted by atomic mass is 19.4. The molecule has 1 N–H and O–H groups in total. The van der Waals surface area contributed by atoms with Gasteiger partial charge in [0.05, 0.1) is 17.9 Å². The van der Waals surface area contributed by atoms with E-state index in [1.165, 1.54) is 12.1 Å². The average molecular weight is 353 g/mol. The van der Waals surface area contributed by atoms with Crippen LogP contribution in [0.15, 0.2) is 24.3 Å². The standard InChI is InChI=1S/C17H18F3N3O2/c1-2-23-15-7-8-22(9-13(15)14(10-24)21-23)16(25)11-3-5-12(6-4-11)17(18,19)20/h3-6,24H,2,7-10H2,1H3. The van der Waals surface area contributed by atoms with Gasteiger partial charge in [-0.3, -0.25) is 9.48 Å². The number of alkyl halides is 3. The van der Waals surface area contributed by atoms with Crippen LogP contribution in [0.2, 0.25) is 0 Å². The van der Waals surface area contributed by atoms with E-state index in [-0.39, 0.29) is 18.1 Å². The molecule has 1 aliphatic rings. The molecule has 134 valence electrons. The maximum Gasteiger partial charge on any atom is 0.416 e. The van der Waals surface area contributed by atoms with Gasteiger partial charge in [0.1, 0.15) is 0 Å². The SMILES string of the molecule is CCn1nc(CO)c2c1CCN(C(=O)c1ccc(C(F)(F)F)cc1)C2. The van der Waals surface area contributed by atoms with Gasteiger partial charge in [-0.25, -0.2) is 0 Å². The molecule has 5 nitrogen and oxygen atoms in total. The molecule has 0 bridgehead atoms. The van der Waals surface area contributed by atoms with Gasteiger partial charge in [-0.2, -0.15) is 18.3 Å². The Morgan fingerprint density at radius 2 is 1.96 bits per heavy atom. The lowest BCUT2D eigenvalue weighted by atomic mass is 10.0. The summed E-state index contributed by atoms with van der Waals surface area (Å²) < 4.78 is 39.7. The van der Waals surface area contributed by atoms with E-state index in [0.29, 0.717) is 31.7 Å². The number of benzene rings is 1.